The second-order valence-electron chi connectivity index (χ2n) is 9.76. The van der Waals surface area contributed by atoms with E-state index in [1.54, 1.807) is 6.20 Å². The summed E-state index contributed by atoms with van der Waals surface area (Å²) in [5.41, 5.74) is 13.4. The molecular weight excluding hydrogens is 564 g/mol. The molecular formula is C27H36N8O6S. The van der Waals surface area contributed by atoms with Gasteiger partial charge in [0.25, 0.3) is 0 Å². The maximum absolute atomic E-state index is 13.3. The lowest BCUT2D eigenvalue weighted by atomic mass is 10.0. The van der Waals surface area contributed by atoms with Crippen molar-refractivity contribution in [3.8, 4) is 0 Å². The van der Waals surface area contributed by atoms with Crippen molar-refractivity contribution in [1.82, 2.24) is 30.9 Å². The number of nitrogens with zero attached hydrogens (tertiary/aromatic N) is 1. The summed E-state index contributed by atoms with van der Waals surface area (Å²) in [6, 6.07) is 2.72. The van der Waals surface area contributed by atoms with E-state index in [1.807, 2.05) is 30.5 Å². The first kappa shape index (κ1) is 32.1. The van der Waals surface area contributed by atoms with Crippen molar-refractivity contribution in [2.75, 3.05) is 12.0 Å². The van der Waals surface area contributed by atoms with Gasteiger partial charge in [0, 0.05) is 48.3 Å². The summed E-state index contributed by atoms with van der Waals surface area (Å²) in [6.45, 7) is 0. The number of nitrogens with one attached hydrogen (secondary N) is 5. The van der Waals surface area contributed by atoms with E-state index in [1.165, 1.54) is 24.3 Å². The molecule has 42 heavy (non-hydrogen) atoms. The van der Waals surface area contributed by atoms with Gasteiger partial charge in [-0.05, 0) is 36.5 Å². The maximum Gasteiger partial charge on any atom is 0.326 e. The third-order valence-corrected chi connectivity index (χ3v) is 7.24. The predicted molar refractivity (Wildman–Crippen MR) is 157 cm³/mol. The number of rotatable bonds is 17. The molecule has 14 nitrogen and oxygen atoms in total. The van der Waals surface area contributed by atoms with Crippen LogP contribution in [0.4, 0.5) is 0 Å². The normalized spacial score (nSPS) is 14.0. The lowest BCUT2D eigenvalue weighted by Crippen LogP contribution is -2.57. The van der Waals surface area contributed by atoms with Gasteiger partial charge in [-0.15, -0.1) is 0 Å². The van der Waals surface area contributed by atoms with Gasteiger partial charge in [0.2, 0.25) is 23.6 Å². The fourth-order valence-corrected chi connectivity index (χ4v) is 4.80. The number of amides is 4. The average molecular weight is 601 g/mol. The second-order valence-corrected chi connectivity index (χ2v) is 10.7. The van der Waals surface area contributed by atoms with E-state index in [9.17, 15) is 29.1 Å². The molecule has 226 valence electrons. The molecule has 0 saturated heterocycles. The monoisotopic (exact) mass is 600 g/mol. The zero-order valence-electron chi connectivity index (χ0n) is 23.1. The number of thioether (sulfide) groups is 1. The number of carbonyl (C=O) groups is 5. The fourth-order valence-electron chi connectivity index (χ4n) is 4.33. The van der Waals surface area contributed by atoms with Crippen LogP contribution >= 0.6 is 11.8 Å². The molecule has 0 aliphatic rings. The Bertz CT molecular complexity index is 1380. The zero-order chi connectivity index (χ0) is 30.6. The van der Waals surface area contributed by atoms with Crippen molar-refractivity contribution in [2.24, 2.45) is 11.5 Å². The Kier molecular flexibility index (Phi) is 11.9. The number of nitrogens with two attached hydrogens (primary N) is 2. The number of benzene rings is 1. The number of hydrogen-bond donors (Lipinski definition) is 8. The van der Waals surface area contributed by atoms with Crippen LogP contribution in [-0.2, 0) is 36.8 Å². The molecule has 0 fully saturated rings. The molecule has 2 heterocycles. The van der Waals surface area contributed by atoms with Gasteiger partial charge in [0.1, 0.15) is 18.1 Å². The fraction of sp³-hybridized carbons (Fsp3) is 0.407. The summed E-state index contributed by atoms with van der Waals surface area (Å²) in [6.07, 6.45) is 6.47. The SMILES string of the molecule is CSCCC(NC(=O)C(N)Cc1cnc[nH]1)C(=O)NC(CCC(N)=O)C(=O)NC(Cc1c[nH]c2ccccc12)C(=O)O. The van der Waals surface area contributed by atoms with Gasteiger partial charge >= 0.3 is 5.97 Å². The van der Waals surface area contributed by atoms with Crippen LogP contribution in [0.3, 0.4) is 0 Å². The Hall–Kier alpha value is -4.37. The van der Waals surface area contributed by atoms with Crippen LogP contribution in [0.5, 0.6) is 0 Å². The second kappa shape index (κ2) is 15.6. The first-order valence-electron chi connectivity index (χ1n) is 13.3. The molecule has 4 atom stereocenters. The number of aromatic amines is 2. The largest absolute Gasteiger partial charge is 0.480 e. The number of primary amides is 1. The average Bonchev–Trinajstić information content (AvgIpc) is 3.62. The van der Waals surface area contributed by atoms with Gasteiger partial charge in [-0.3, -0.25) is 19.2 Å². The topological polar surface area (TPSA) is 238 Å². The Balaban J connectivity index is 1.72. The number of imidazole rings is 1. The number of carboxylic acids is 1. The van der Waals surface area contributed by atoms with Crippen LogP contribution in [0.25, 0.3) is 10.9 Å². The number of H-pyrrole nitrogens is 2. The van der Waals surface area contributed by atoms with Crippen molar-refractivity contribution in [2.45, 2.75) is 56.3 Å². The van der Waals surface area contributed by atoms with Gasteiger partial charge in [-0.1, -0.05) is 18.2 Å². The van der Waals surface area contributed by atoms with Crippen LogP contribution in [0.2, 0.25) is 0 Å². The Morgan fingerprint density at radius 1 is 0.952 bits per heavy atom. The van der Waals surface area contributed by atoms with Crippen molar-refractivity contribution >= 4 is 52.3 Å². The molecule has 4 unspecified atom stereocenters. The third-order valence-electron chi connectivity index (χ3n) is 6.60. The summed E-state index contributed by atoms with van der Waals surface area (Å²) in [5, 5.41) is 18.3. The van der Waals surface area contributed by atoms with Crippen molar-refractivity contribution in [3.63, 3.8) is 0 Å². The highest BCUT2D eigenvalue weighted by molar-refractivity contribution is 7.98. The molecule has 3 rings (SSSR count). The van der Waals surface area contributed by atoms with E-state index in [0.717, 1.165) is 10.9 Å². The summed E-state index contributed by atoms with van der Waals surface area (Å²) in [7, 11) is 0. The molecule has 10 N–H and O–H groups in total. The highest BCUT2D eigenvalue weighted by atomic mass is 32.2. The van der Waals surface area contributed by atoms with E-state index in [-0.39, 0.29) is 32.1 Å². The first-order chi connectivity index (χ1) is 20.1. The minimum absolute atomic E-state index is 0.0256. The Morgan fingerprint density at radius 3 is 2.26 bits per heavy atom. The highest BCUT2D eigenvalue weighted by Crippen LogP contribution is 2.19. The number of fused-ring (bicyclic) bond motifs is 1. The first-order valence-corrected chi connectivity index (χ1v) is 14.7. The minimum Gasteiger partial charge on any atom is -0.480 e. The molecule has 0 spiro atoms. The third kappa shape index (κ3) is 9.34. The van der Waals surface area contributed by atoms with E-state index in [0.29, 0.717) is 17.0 Å². The molecule has 0 bridgehead atoms. The van der Waals surface area contributed by atoms with Gasteiger partial charge < -0.3 is 42.5 Å². The van der Waals surface area contributed by atoms with Crippen LogP contribution in [0.1, 0.15) is 30.5 Å². The van der Waals surface area contributed by atoms with Gasteiger partial charge in [0.05, 0.1) is 12.4 Å². The van der Waals surface area contributed by atoms with Crippen molar-refractivity contribution in [3.05, 3.63) is 54.2 Å². The Morgan fingerprint density at radius 2 is 1.62 bits per heavy atom. The van der Waals surface area contributed by atoms with E-state index in [2.05, 4.69) is 30.9 Å². The summed E-state index contributed by atoms with van der Waals surface area (Å²) >= 11 is 1.46. The molecule has 2 aromatic heterocycles. The molecule has 1 aromatic carbocycles. The summed E-state index contributed by atoms with van der Waals surface area (Å²) < 4.78 is 0. The van der Waals surface area contributed by atoms with E-state index in [4.69, 9.17) is 11.5 Å². The number of para-hydroxylation sites is 1. The number of aromatic nitrogens is 3. The molecule has 0 aliphatic heterocycles. The smallest absolute Gasteiger partial charge is 0.326 e. The van der Waals surface area contributed by atoms with Crippen LogP contribution in [0.15, 0.2) is 43.0 Å². The number of aliphatic carboxylic acids is 1. The highest BCUT2D eigenvalue weighted by Gasteiger charge is 2.31. The molecule has 0 saturated carbocycles. The van der Waals surface area contributed by atoms with Crippen LogP contribution < -0.4 is 27.4 Å². The van der Waals surface area contributed by atoms with Crippen molar-refractivity contribution in [1.29, 1.82) is 0 Å². The standard InChI is InChI=1S/C27H36N8O6S/c1-42-9-8-21(33-24(37)18(28)11-16-13-30-14-32-16)26(39)34-20(6-7-23(29)36)25(38)35-22(27(40)41)10-15-12-31-19-5-3-2-4-17(15)19/h2-5,12-14,18,20-22,31H,6-11,28H2,1H3,(H2,29,36)(H,30,32)(H,33,37)(H,34,39)(H,35,38)(H,40,41). The van der Waals surface area contributed by atoms with Crippen LogP contribution in [-0.4, -0.2) is 85.8 Å². The summed E-state index contributed by atoms with van der Waals surface area (Å²) in [5.74, 6) is -3.52. The minimum atomic E-state index is -1.32. The number of carbonyl (C=O) groups excluding carboxylic acids is 4. The number of carboxylic acid groups (broad SMARTS) is 1. The lowest BCUT2D eigenvalue weighted by molar-refractivity contribution is -0.142. The van der Waals surface area contributed by atoms with Gasteiger partial charge in [-0.2, -0.15) is 11.8 Å². The number of hydrogen-bond acceptors (Lipinski definition) is 8. The molecule has 4 amide bonds. The molecule has 0 radical (unpaired) electrons. The van der Waals surface area contributed by atoms with Gasteiger partial charge in [-0.25, -0.2) is 9.78 Å². The quantitative estimate of drug-likeness (QED) is 0.100. The molecule has 3 aromatic rings. The van der Waals surface area contributed by atoms with Crippen LogP contribution in [0, 0.1) is 0 Å². The lowest BCUT2D eigenvalue weighted by Gasteiger charge is -2.25. The maximum atomic E-state index is 13.3. The molecule has 15 heteroatoms. The summed E-state index contributed by atoms with van der Waals surface area (Å²) in [4.78, 5) is 72.8. The zero-order valence-corrected chi connectivity index (χ0v) is 23.9. The Labute approximate surface area is 246 Å². The molecule has 0 aliphatic carbocycles. The van der Waals surface area contributed by atoms with E-state index < -0.39 is 53.8 Å². The van der Waals surface area contributed by atoms with Gasteiger partial charge in [0.15, 0.2) is 0 Å². The van der Waals surface area contributed by atoms with E-state index >= 15 is 0 Å². The van der Waals surface area contributed by atoms with Crippen molar-refractivity contribution < 1.29 is 29.1 Å². The predicted octanol–water partition coefficient (Wildman–Crippen LogP) is -0.439.